The third kappa shape index (κ3) is 2.59. The summed E-state index contributed by atoms with van der Waals surface area (Å²) in [4.78, 5) is 25.8. The Morgan fingerprint density at radius 2 is 2.00 bits per heavy atom. The van der Waals surface area contributed by atoms with Crippen molar-refractivity contribution in [3.05, 3.63) is 53.4 Å². The van der Waals surface area contributed by atoms with E-state index in [-0.39, 0.29) is 17.6 Å². The topological polar surface area (TPSA) is 89.4 Å². The van der Waals surface area contributed by atoms with E-state index in [1.165, 1.54) is 0 Å². The lowest BCUT2D eigenvalue weighted by atomic mass is 9.89. The second kappa shape index (κ2) is 5.63. The van der Waals surface area contributed by atoms with E-state index in [1.54, 1.807) is 17.9 Å². The van der Waals surface area contributed by atoms with Gasteiger partial charge in [0.05, 0.1) is 11.6 Å². The number of aryl methyl sites for hydroxylation is 1. The number of nitrogens with two attached hydrogens (primary N) is 1. The standard InChI is InChI=1S/C16H17N3O3/c1-10-7-14(22-18-10)16(21)19-8-12(13(9-19)15(17)20)11-5-3-2-4-6-11/h2-7,12-13H,8-9H2,1H3,(H2,17,20)/t12-,13+/m1/s1. The Balaban J connectivity index is 1.84. The molecule has 0 radical (unpaired) electrons. The smallest absolute Gasteiger partial charge is 0.292 e. The molecule has 0 saturated carbocycles. The fraction of sp³-hybridized carbons (Fsp3) is 0.312. The highest BCUT2D eigenvalue weighted by molar-refractivity contribution is 5.92. The van der Waals surface area contributed by atoms with Crippen LogP contribution in [0.2, 0.25) is 0 Å². The molecule has 0 aliphatic carbocycles. The average molecular weight is 299 g/mol. The van der Waals surface area contributed by atoms with Crippen LogP contribution in [0.1, 0.15) is 27.7 Å². The van der Waals surface area contributed by atoms with Crippen molar-refractivity contribution in [2.75, 3.05) is 13.1 Å². The molecule has 2 amide bonds. The van der Waals surface area contributed by atoms with Gasteiger partial charge in [-0.2, -0.15) is 0 Å². The molecule has 1 fully saturated rings. The molecule has 22 heavy (non-hydrogen) atoms. The SMILES string of the molecule is Cc1cc(C(=O)N2C[C@H](C(N)=O)[C@@H](c3ccccc3)C2)on1. The first-order chi connectivity index (χ1) is 10.6. The number of carbonyl (C=O) groups excluding carboxylic acids is 2. The lowest BCUT2D eigenvalue weighted by Crippen LogP contribution is -2.31. The highest BCUT2D eigenvalue weighted by Gasteiger charge is 2.40. The first-order valence-corrected chi connectivity index (χ1v) is 7.13. The van der Waals surface area contributed by atoms with Gasteiger partial charge in [0.1, 0.15) is 0 Å². The van der Waals surface area contributed by atoms with Crippen molar-refractivity contribution in [1.82, 2.24) is 10.1 Å². The Labute approximate surface area is 127 Å². The molecular formula is C16H17N3O3. The first-order valence-electron chi connectivity index (χ1n) is 7.13. The lowest BCUT2D eigenvalue weighted by molar-refractivity contribution is -0.121. The van der Waals surface area contributed by atoms with Gasteiger partial charge in [-0.1, -0.05) is 35.5 Å². The molecule has 1 aliphatic heterocycles. The van der Waals surface area contributed by atoms with E-state index < -0.39 is 11.8 Å². The minimum Gasteiger partial charge on any atom is -0.369 e. The molecule has 0 spiro atoms. The lowest BCUT2D eigenvalue weighted by Gasteiger charge is -2.15. The van der Waals surface area contributed by atoms with Crippen LogP contribution in [0.3, 0.4) is 0 Å². The third-order valence-corrected chi connectivity index (χ3v) is 4.04. The largest absolute Gasteiger partial charge is 0.369 e. The van der Waals surface area contributed by atoms with Crippen molar-refractivity contribution in [3.63, 3.8) is 0 Å². The number of rotatable bonds is 3. The van der Waals surface area contributed by atoms with Crippen molar-refractivity contribution in [2.45, 2.75) is 12.8 Å². The Hall–Kier alpha value is -2.63. The number of nitrogens with zero attached hydrogens (tertiary/aromatic N) is 2. The van der Waals surface area contributed by atoms with E-state index in [1.807, 2.05) is 30.3 Å². The Morgan fingerprint density at radius 3 is 2.59 bits per heavy atom. The molecule has 1 aromatic heterocycles. The number of carbonyl (C=O) groups is 2. The van der Waals surface area contributed by atoms with Crippen molar-refractivity contribution in [2.24, 2.45) is 11.7 Å². The summed E-state index contributed by atoms with van der Waals surface area (Å²) in [5, 5.41) is 3.73. The van der Waals surface area contributed by atoms with Crippen LogP contribution >= 0.6 is 0 Å². The van der Waals surface area contributed by atoms with Gasteiger partial charge in [-0.15, -0.1) is 0 Å². The van der Waals surface area contributed by atoms with Crippen molar-refractivity contribution >= 4 is 11.8 Å². The van der Waals surface area contributed by atoms with E-state index in [2.05, 4.69) is 5.16 Å². The number of amides is 2. The summed E-state index contributed by atoms with van der Waals surface area (Å²) < 4.78 is 5.02. The van der Waals surface area contributed by atoms with Gasteiger partial charge < -0.3 is 15.2 Å². The molecule has 2 heterocycles. The van der Waals surface area contributed by atoms with Gasteiger partial charge >= 0.3 is 0 Å². The van der Waals surface area contributed by atoms with Crippen LogP contribution in [-0.2, 0) is 4.79 Å². The maximum atomic E-state index is 12.4. The van der Waals surface area contributed by atoms with E-state index in [0.717, 1.165) is 5.56 Å². The van der Waals surface area contributed by atoms with Gasteiger partial charge in [-0.3, -0.25) is 9.59 Å². The number of hydrogen-bond donors (Lipinski definition) is 1. The molecule has 2 aromatic rings. The highest BCUT2D eigenvalue weighted by atomic mass is 16.5. The van der Waals surface area contributed by atoms with Crippen LogP contribution < -0.4 is 5.73 Å². The zero-order valence-electron chi connectivity index (χ0n) is 12.2. The maximum absolute atomic E-state index is 12.4. The van der Waals surface area contributed by atoms with E-state index in [9.17, 15) is 9.59 Å². The second-order valence-corrected chi connectivity index (χ2v) is 5.57. The molecule has 6 heteroatoms. The van der Waals surface area contributed by atoms with Crippen LogP contribution in [0.4, 0.5) is 0 Å². The summed E-state index contributed by atoms with van der Waals surface area (Å²) in [7, 11) is 0. The van der Waals surface area contributed by atoms with E-state index in [0.29, 0.717) is 18.8 Å². The van der Waals surface area contributed by atoms with Crippen molar-refractivity contribution in [1.29, 1.82) is 0 Å². The molecule has 114 valence electrons. The van der Waals surface area contributed by atoms with Crippen LogP contribution in [0.15, 0.2) is 40.9 Å². The Bertz CT molecular complexity index is 696. The Kier molecular flexibility index (Phi) is 3.66. The van der Waals surface area contributed by atoms with Gasteiger partial charge in [0.2, 0.25) is 11.7 Å². The number of aromatic nitrogens is 1. The minimum absolute atomic E-state index is 0.0910. The average Bonchev–Trinajstić information content (AvgIpc) is 3.14. The molecule has 3 rings (SSSR count). The van der Waals surface area contributed by atoms with Gasteiger partial charge in [-0.25, -0.2) is 0 Å². The molecule has 1 saturated heterocycles. The molecule has 0 unspecified atom stereocenters. The first kappa shape index (κ1) is 14.3. The molecule has 1 aromatic carbocycles. The minimum atomic E-state index is -0.393. The fourth-order valence-corrected chi connectivity index (χ4v) is 2.92. The van der Waals surface area contributed by atoms with Gasteiger partial charge in [0, 0.05) is 25.1 Å². The zero-order valence-corrected chi connectivity index (χ0v) is 12.2. The Morgan fingerprint density at radius 1 is 1.27 bits per heavy atom. The normalized spacial score (nSPS) is 21.0. The van der Waals surface area contributed by atoms with Crippen molar-refractivity contribution < 1.29 is 14.1 Å². The number of hydrogen-bond acceptors (Lipinski definition) is 4. The number of benzene rings is 1. The summed E-state index contributed by atoms with van der Waals surface area (Å²) in [6.07, 6.45) is 0. The van der Waals surface area contributed by atoms with Crippen molar-refractivity contribution in [3.8, 4) is 0 Å². The predicted octanol–water partition coefficient (Wildman–Crippen LogP) is 1.32. The van der Waals surface area contributed by atoms with E-state index >= 15 is 0 Å². The maximum Gasteiger partial charge on any atom is 0.292 e. The summed E-state index contributed by atoms with van der Waals surface area (Å²) in [6, 6.07) is 11.2. The second-order valence-electron chi connectivity index (χ2n) is 5.57. The molecule has 0 bridgehead atoms. The van der Waals surface area contributed by atoms with E-state index in [4.69, 9.17) is 10.3 Å². The van der Waals surface area contributed by atoms with Crippen LogP contribution in [0, 0.1) is 12.8 Å². The quantitative estimate of drug-likeness (QED) is 0.925. The summed E-state index contributed by atoms with van der Waals surface area (Å²) in [6.45, 7) is 2.49. The number of primary amides is 1. The summed E-state index contributed by atoms with van der Waals surface area (Å²) in [5.41, 5.74) is 7.17. The molecular weight excluding hydrogens is 282 g/mol. The van der Waals surface area contributed by atoms with Crippen LogP contribution in [0.25, 0.3) is 0 Å². The van der Waals surface area contributed by atoms with Crippen LogP contribution in [-0.4, -0.2) is 35.0 Å². The molecule has 2 N–H and O–H groups in total. The molecule has 2 atom stereocenters. The van der Waals surface area contributed by atoms with Gasteiger partial charge in [0.25, 0.3) is 5.91 Å². The van der Waals surface area contributed by atoms with Gasteiger partial charge in [0.15, 0.2) is 0 Å². The van der Waals surface area contributed by atoms with Crippen LogP contribution in [0.5, 0.6) is 0 Å². The predicted molar refractivity (Wildman–Crippen MR) is 79.0 cm³/mol. The third-order valence-electron chi connectivity index (χ3n) is 4.04. The highest BCUT2D eigenvalue weighted by Crippen LogP contribution is 2.33. The molecule has 6 nitrogen and oxygen atoms in total. The monoisotopic (exact) mass is 299 g/mol. The van der Waals surface area contributed by atoms with Gasteiger partial charge in [-0.05, 0) is 12.5 Å². The zero-order chi connectivity index (χ0) is 15.7. The number of likely N-dealkylation sites (tertiary alicyclic amines) is 1. The molecule has 1 aliphatic rings. The fourth-order valence-electron chi connectivity index (χ4n) is 2.92. The summed E-state index contributed by atoms with van der Waals surface area (Å²) in [5.74, 6) is -0.945. The summed E-state index contributed by atoms with van der Waals surface area (Å²) >= 11 is 0.